The second-order valence-electron chi connectivity index (χ2n) is 3.75. The molecule has 1 aromatic rings. The van der Waals surface area contributed by atoms with Gasteiger partial charge in [-0.3, -0.25) is 0 Å². The van der Waals surface area contributed by atoms with Gasteiger partial charge < -0.3 is 16.6 Å². The van der Waals surface area contributed by atoms with Crippen molar-refractivity contribution in [3.8, 4) is 0 Å². The van der Waals surface area contributed by atoms with E-state index in [0.717, 1.165) is 6.26 Å². The van der Waals surface area contributed by atoms with Crippen molar-refractivity contribution in [2.24, 2.45) is 5.73 Å². The molecule has 0 aliphatic rings. The lowest BCUT2D eigenvalue weighted by molar-refractivity contribution is 0.278. The molecule has 1 aromatic carbocycles. The largest absolute Gasteiger partial charge is 0.399 e. The molecular weight excluding hydrogens is 228 g/mol. The van der Waals surface area contributed by atoms with E-state index in [1.165, 1.54) is 0 Å². The fourth-order valence-electron chi connectivity index (χ4n) is 1.50. The second kappa shape index (κ2) is 4.82. The maximum atomic E-state index is 11.4. The summed E-state index contributed by atoms with van der Waals surface area (Å²) in [5.41, 5.74) is 12.5. The lowest BCUT2D eigenvalue weighted by atomic mass is 10.0. The van der Waals surface area contributed by atoms with Crippen molar-refractivity contribution >= 4 is 15.5 Å². The van der Waals surface area contributed by atoms with E-state index in [9.17, 15) is 8.42 Å². The predicted molar refractivity (Wildman–Crippen MR) is 63.5 cm³/mol. The average Bonchev–Trinajstić information content (AvgIpc) is 2.16. The van der Waals surface area contributed by atoms with Gasteiger partial charge in [0, 0.05) is 18.0 Å². The van der Waals surface area contributed by atoms with Gasteiger partial charge in [0.2, 0.25) is 0 Å². The molecule has 5 nitrogen and oxygen atoms in total. The predicted octanol–water partition coefficient (Wildman–Crippen LogP) is -0.326. The van der Waals surface area contributed by atoms with E-state index in [1.54, 1.807) is 24.3 Å². The number of hydrogen-bond donors (Lipinski definition) is 3. The molecule has 0 spiro atoms. The fourth-order valence-corrected chi connectivity index (χ4v) is 2.46. The normalized spacial score (nSPS) is 15.7. The van der Waals surface area contributed by atoms with Crippen LogP contribution in [-0.2, 0) is 9.84 Å². The van der Waals surface area contributed by atoms with Gasteiger partial charge in [0.05, 0.1) is 6.61 Å². The summed E-state index contributed by atoms with van der Waals surface area (Å²) in [6.45, 7) is -0.505. The van der Waals surface area contributed by atoms with Crippen molar-refractivity contribution in [2.75, 3.05) is 18.6 Å². The minimum Gasteiger partial charge on any atom is -0.399 e. The van der Waals surface area contributed by atoms with Crippen LogP contribution in [0, 0.1) is 0 Å². The maximum Gasteiger partial charge on any atom is 0.154 e. The molecular formula is C10H16N2O3S. The molecule has 0 amide bonds. The standard InChI is InChI=1S/C10H16N2O3S/c1-16(14,15)9(6-13)10(12)7-3-2-4-8(11)5-7/h2-5,9-10,13H,6,11-12H2,1H3. The highest BCUT2D eigenvalue weighted by atomic mass is 32.2. The van der Waals surface area contributed by atoms with Gasteiger partial charge in [-0.15, -0.1) is 0 Å². The molecule has 0 radical (unpaired) electrons. The van der Waals surface area contributed by atoms with E-state index in [4.69, 9.17) is 16.6 Å². The summed E-state index contributed by atoms with van der Waals surface area (Å²) < 4.78 is 22.8. The van der Waals surface area contributed by atoms with Crippen LogP contribution in [0.5, 0.6) is 0 Å². The highest BCUT2D eigenvalue weighted by Gasteiger charge is 2.28. The molecule has 0 saturated heterocycles. The number of aliphatic hydroxyl groups is 1. The van der Waals surface area contributed by atoms with Crippen molar-refractivity contribution < 1.29 is 13.5 Å². The van der Waals surface area contributed by atoms with Gasteiger partial charge in [0.15, 0.2) is 9.84 Å². The van der Waals surface area contributed by atoms with Crippen LogP contribution in [0.2, 0.25) is 0 Å². The number of benzene rings is 1. The molecule has 6 heteroatoms. The minimum atomic E-state index is -3.39. The SMILES string of the molecule is CS(=O)(=O)C(CO)C(N)c1cccc(N)c1. The molecule has 90 valence electrons. The van der Waals surface area contributed by atoms with Gasteiger partial charge >= 0.3 is 0 Å². The Kier molecular flexibility index (Phi) is 3.90. The molecule has 2 atom stereocenters. The first-order valence-corrected chi connectivity index (χ1v) is 6.72. The first kappa shape index (κ1) is 13.0. The average molecular weight is 244 g/mol. The lowest BCUT2D eigenvalue weighted by Crippen LogP contribution is -2.36. The number of nitrogens with two attached hydrogens (primary N) is 2. The van der Waals surface area contributed by atoms with Crippen molar-refractivity contribution in [1.82, 2.24) is 0 Å². The Hall–Kier alpha value is -1.11. The zero-order valence-electron chi connectivity index (χ0n) is 9.00. The van der Waals surface area contributed by atoms with Crippen LogP contribution < -0.4 is 11.5 Å². The summed E-state index contributed by atoms with van der Waals surface area (Å²) in [5, 5.41) is 8.07. The van der Waals surface area contributed by atoms with Gasteiger partial charge in [-0.25, -0.2) is 8.42 Å². The molecule has 0 saturated carbocycles. The van der Waals surface area contributed by atoms with Crippen molar-refractivity contribution in [2.45, 2.75) is 11.3 Å². The summed E-state index contributed by atoms with van der Waals surface area (Å²) in [4.78, 5) is 0. The number of anilines is 1. The summed E-state index contributed by atoms with van der Waals surface area (Å²) in [6.07, 6.45) is 1.06. The molecule has 0 heterocycles. The van der Waals surface area contributed by atoms with Crippen molar-refractivity contribution in [1.29, 1.82) is 0 Å². The van der Waals surface area contributed by atoms with Crippen molar-refractivity contribution in [3.63, 3.8) is 0 Å². The van der Waals surface area contributed by atoms with Crippen LogP contribution >= 0.6 is 0 Å². The van der Waals surface area contributed by atoms with Crippen LogP contribution in [0.15, 0.2) is 24.3 Å². The molecule has 1 rings (SSSR count). The van der Waals surface area contributed by atoms with Gasteiger partial charge in [0.1, 0.15) is 5.25 Å². The lowest BCUT2D eigenvalue weighted by Gasteiger charge is -2.20. The summed E-state index contributed by atoms with van der Waals surface area (Å²) in [7, 11) is -3.39. The summed E-state index contributed by atoms with van der Waals surface area (Å²) in [5.74, 6) is 0. The fraction of sp³-hybridized carbons (Fsp3) is 0.400. The third-order valence-electron chi connectivity index (χ3n) is 2.43. The van der Waals surface area contributed by atoms with E-state index in [1.807, 2.05) is 0 Å². The third kappa shape index (κ3) is 2.94. The van der Waals surface area contributed by atoms with Gasteiger partial charge in [-0.2, -0.15) is 0 Å². The molecule has 5 N–H and O–H groups in total. The van der Waals surface area contributed by atoms with E-state index < -0.39 is 27.7 Å². The van der Waals surface area contributed by atoms with E-state index in [0.29, 0.717) is 11.3 Å². The smallest absolute Gasteiger partial charge is 0.154 e. The third-order valence-corrected chi connectivity index (χ3v) is 3.97. The second-order valence-corrected chi connectivity index (χ2v) is 6.01. The number of rotatable bonds is 4. The molecule has 0 fully saturated rings. The Morgan fingerprint density at radius 3 is 2.50 bits per heavy atom. The van der Waals surface area contributed by atoms with Gasteiger partial charge in [0.25, 0.3) is 0 Å². The monoisotopic (exact) mass is 244 g/mol. The number of nitrogen functional groups attached to an aromatic ring is 1. The first-order chi connectivity index (χ1) is 7.36. The van der Waals surface area contributed by atoms with Crippen molar-refractivity contribution in [3.05, 3.63) is 29.8 Å². The van der Waals surface area contributed by atoms with E-state index in [2.05, 4.69) is 0 Å². The zero-order chi connectivity index (χ0) is 12.3. The molecule has 2 unspecified atom stereocenters. The molecule has 0 bridgehead atoms. The van der Waals surface area contributed by atoms with E-state index in [-0.39, 0.29) is 0 Å². The number of aliphatic hydroxyl groups excluding tert-OH is 1. The topological polar surface area (TPSA) is 106 Å². The van der Waals surface area contributed by atoms with Crippen LogP contribution in [0.3, 0.4) is 0 Å². The quantitative estimate of drug-likeness (QED) is 0.629. The zero-order valence-corrected chi connectivity index (χ0v) is 9.81. The Morgan fingerprint density at radius 1 is 1.44 bits per heavy atom. The first-order valence-electron chi connectivity index (χ1n) is 4.77. The Labute approximate surface area is 95.0 Å². The highest BCUT2D eigenvalue weighted by molar-refractivity contribution is 7.91. The van der Waals surface area contributed by atoms with Crippen LogP contribution in [0.4, 0.5) is 5.69 Å². The Bertz CT molecular complexity index is 459. The Morgan fingerprint density at radius 2 is 2.06 bits per heavy atom. The van der Waals surface area contributed by atoms with Gasteiger partial charge in [-0.1, -0.05) is 12.1 Å². The number of hydrogen-bond acceptors (Lipinski definition) is 5. The molecule has 0 aliphatic heterocycles. The van der Waals surface area contributed by atoms with Crippen LogP contribution in [0.1, 0.15) is 11.6 Å². The number of sulfone groups is 1. The van der Waals surface area contributed by atoms with Gasteiger partial charge in [-0.05, 0) is 17.7 Å². The molecule has 16 heavy (non-hydrogen) atoms. The molecule has 0 aliphatic carbocycles. The highest BCUT2D eigenvalue weighted by Crippen LogP contribution is 2.20. The van der Waals surface area contributed by atoms with Crippen LogP contribution in [-0.4, -0.2) is 31.6 Å². The Balaban J connectivity index is 3.05. The van der Waals surface area contributed by atoms with Crippen LogP contribution in [0.25, 0.3) is 0 Å². The maximum absolute atomic E-state index is 11.4. The summed E-state index contributed by atoms with van der Waals surface area (Å²) >= 11 is 0. The summed E-state index contributed by atoms with van der Waals surface area (Å²) in [6, 6.07) is 5.91. The minimum absolute atomic E-state index is 0.505. The molecule has 0 aromatic heterocycles. The van der Waals surface area contributed by atoms with E-state index >= 15 is 0 Å².